The van der Waals surface area contributed by atoms with Gasteiger partial charge in [0, 0.05) is 5.69 Å². The molecule has 0 aromatic carbocycles. The van der Waals surface area contributed by atoms with Gasteiger partial charge in [-0.2, -0.15) is 0 Å². The summed E-state index contributed by atoms with van der Waals surface area (Å²) in [5, 5.41) is 8.89. The van der Waals surface area contributed by atoms with Crippen LogP contribution >= 0.6 is 0 Å². The third kappa shape index (κ3) is 1.31. The molecule has 0 aliphatic carbocycles. The van der Waals surface area contributed by atoms with E-state index in [1.165, 1.54) is 0 Å². The largest absolute Gasteiger partial charge is 0.477 e. The number of aromatic carboxylic acids is 1. The molecule has 5 nitrogen and oxygen atoms in total. The summed E-state index contributed by atoms with van der Waals surface area (Å²) in [6.45, 7) is 3.86. The monoisotopic (exact) mass is 209 g/mol. The van der Waals surface area contributed by atoms with Gasteiger partial charge in [-0.1, -0.05) is 0 Å². The minimum atomic E-state index is -1.01. The van der Waals surface area contributed by atoms with Crippen molar-refractivity contribution in [2.24, 2.45) is 0 Å². The van der Waals surface area contributed by atoms with Crippen molar-refractivity contribution in [1.29, 1.82) is 0 Å². The Morgan fingerprint density at radius 1 is 1.47 bits per heavy atom. The summed E-state index contributed by atoms with van der Waals surface area (Å²) < 4.78 is 4.66. The van der Waals surface area contributed by atoms with Crippen LogP contribution in [-0.4, -0.2) is 28.6 Å². The minimum absolute atomic E-state index is 0.155. The van der Waals surface area contributed by atoms with E-state index in [1.807, 2.05) is 0 Å². The van der Waals surface area contributed by atoms with Crippen LogP contribution in [0.3, 0.4) is 0 Å². The fraction of sp³-hybridized carbons (Fsp3) is 0.400. The maximum Gasteiger partial charge on any atom is 0.352 e. The molecule has 1 aromatic heterocycles. The summed E-state index contributed by atoms with van der Waals surface area (Å²) in [6, 6.07) is 0. The van der Waals surface area contributed by atoms with Gasteiger partial charge in [0.15, 0.2) is 0 Å². The molecule has 15 heavy (non-hydrogen) atoms. The van der Waals surface area contributed by atoms with Gasteiger partial charge in [-0.15, -0.1) is 0 Å². The van der Waals surface area contributed by atoms with Crippen molar-refractivity contribution in [2.75, 3.05) is 6.61 Å². The van der Waals surface area contributed by atoms with Crippen LogP contribution in [0.2, 0.25) is 0 Å². The normalized spacial score (nSPS) is 19.6. The highest BCUT2D eigenvalue weighted by Crippen LogP contribution is 2.30. The SMILES string of the molecule is Cc1c(C(=O)O)[nH]c([C@H]2COC2=O)c1C. The highest BCUT2D eigenvalue weighted by molar-refractivity contribution is 5.89. The molecule has 5 heteroatoms. The average molecular weight is 209 g/mol. The maximum absolute atomic E-state index is 11.1. The number of esters is 1. The van der Waals surface area contributed by atoms with Crippen molar-refractivity contribution in [2.45, 2.75) is 19.8 Å². The molecule has 1 fully saturated rings. The lowest BCUT2D eigenvalue weighted by Crippen LogP contribution is -2.33. The lowest BCUT2D eigenvalue weighted by Gasteiger charge is -2.24. The quantitative estimate of drug-likeness (QED) is 0.711. The molecule has 1 aliphatic rings. The van der Waals surface area contributed by atoms with Crippen LogP contribution in [0.4, 0.5) is 0 Å². The number of carbonyl (C=O) groups excluding carboxylic acids is 1. The van der Waals surface area contributed by atoms with E-state index < -0.39 is 5.97 Å². The number of carboxylic acids is 1. The van der Waals surface area contributed by atoms with E-state index in [4.69, 9.17) is 5.11 Å². The number of hydrogen-bond donors (Lipinski definition) is 2. The van der Waals surface area contributed by atoms with E-state index >= 15 is 0 Å². The highest BCUT2D eigenvalue weighted by atomic mass is 16.6. The smallest absolute Gasteiger partial charge is 0.352 e. The molecule has 2 rings (SSSR count). The van der Waals surface area contributed by atoms with Crippen LogP contribution in [0, 0.1) is 13.8 Å². The molecule has 1 aromatic rings. The topological polar surface area (TPSA) is 79.4 Å². The standard InChI is InChI=1S/C10H11NO4/c1-4-5(2)8(9(12)13)11-7(4)6-3-15-10(6)14/h6,11H,3H2,1-2H3,(H,12,13)/t6-/m1/s1. The molecule has 0 radical (unpaired) electrons. The minimum Gasteiger partial charge on any atom is -0.477 e. The van der Waals surface area contributed by atoms with Crippen LogP contribution in [0.15, 0.2) is 0 Å². The molecule has 80 valence electrons. The van der Waals surface area contributed by atoms with Gasteiger partial charge < -0.3 is 14.8 Å². The van der Waals surface area contributed by atoms with Crippen molar-refractivity contribution in [3.8, 4) is 0 Å². The summed E-state index contributed by atoms with van der Waals surface area (Å²) >= 11 is 0. The summed E-state index contributed by atoms with van der Waals surface area (Å²) in [7, 11) is 0. The number of cyclic esters (lactones) is 1. The van der Waals surface area contributed by atoms with Crippen molar-refractivity contribution in [3.63, 3.8) is 0 Å². The van der Waals surface area contributed by atoms with E-state index in [2.05, 4.69) is 9.72 Å². The highest BCUT2D eigenvalue weighted by Gasteiger charge is 2.36. The van der Waals surface area contributed by atoms with E-state index in [0.717, 1.165) is 5.56 Å². The summed E-state index contributed by atoms with van der Waals surface area (Å²) in [6.07, 6.45) is 0. The Kier molecular flexibility index (Phi) is 2.03. The van der Waals surface area contributed by atoms with Crippen LogP contribution in [0.25, 0.3) is 0 Å². The molecule has 1 aliphatic heterocycles. The van der Waals surface area contributed by atoms with Gasteiger partial charge in [0.1, 0.15) is 18.2 Å². The Morgan fingerprint density at radius 2 is 2.13 bits per heavy atom. The van der Waals surface area contributed by atoms with Gasteiger partial charge in [0.2, 0.25) is 0 Å². The van der Waals surface area contributed by atoms with Gasteiger partial charge in [-0.3, -0.25) is 4.79 Å². The fourth-order valence-corrected chi connectivity index (χ4v) is 1.71. The van der Waals surface area contributed by atoms with E-state index in [-0.39, 0.29) is 17.6 Å². The van der Waals surface area contributed by atoms with Crippen molar-refractivity contribution < 1.29 is 19.4 Å². The predicted octanol–water partition coefficient (Wildman–Crippen LogP) is 0.970. The first kappa shape index (κ1) is 9.76. The second kappa shape index (κ2) is 3.12. The van der Waals surface area contributed by atoms with Crippen LogP contribution in [0.1, 0.15) is 33.2 Å². The Balaban J connectivity index is 2.45. The zero-order valence-electron chi connectivity index (χ0n) is 8.46. The molecule has 2 N–H and O–H groups in total. The molecule has 0 spiro atoms. The second-order valence-electron chi connectivity index (χ2n) is 3.65. The third-order valence-corrected chi connectivity index (χ3v) is 2.84. The fourth-order valence-electron chi connectivity index (χ4n) is 1.71. The van der Waals surface area contributed by atoms with Crippen LogP contribution in [0.5, 0.6) is 0 Å². The lowest BCUT2D eigenvalue weighted by atomic mass is 9.98. The summed E-state index contributed by atoms with van der Waals surface area (Å²) in [5.74, 6) is -1.62. The Morgan fingerprint density at radius 3 is 2.47 bits per heavy atom. The second-order valence-corrected chi connectivity index (χ2v) is 3.65. The number of H-pyrrole nitrogens is 1. The van der Waals surface area contributed by atoms with E-state index in [1.54, 1.807) is 13.8 Å². The maximum atomic E-state index is 11.1. The predicted molar refractivity (Wildman–Crippen MR) is 50.9 cm³/mol. The number of aromatic amines is 1. The first-order chi connectivity index (χ1) is 7.02. The Bertz CT molecular complexity index is 447. The van der Waals surface area contributed by atoms with E-state index in [0.29, 0.717) is 17.9 Å². The summed E-state index contributed by atoms with van der Waals surface area (Å²) in [4.78, 5) is 24.7. The van der Waals surface area contributed by atoms with E-state index in [9.17, 15) is 9.59 Å². The first-order valence-electron chi connectivity index (χ1n) is 4.61. The lowest BCUT2D eigenvalue weighted by molar-refractivity contribution is -0.161. The molecular formula is C10H11NO4. The Labute approximate surface area is 86.1 Å². The zero-order chi connectivity index (χ0) is 11.2. The molecule has 1 saturated heterocycles. The molecule has 1 atom stereocenters. The van der Waals surface area contributed by atoms with Crippen molar-refractivity contribution in [3.05, 3.63) is 22.5 Å². The van der Waals surface area contributed by atoms with Crippen LogP contribution in [-0.2, 0) is 9.53 Å². The number of ether oxygens (including phenoxy) is 1. The zero-order valence-corrected chi connectivity index (χ0v) is 8.46. The van der Waals surface area contributed by atoms with Gasteiger partial charge >= 0.3 is 11.9 Å². The number of aromatic nitrogens is 1. The van der Waals surface area contributed by atoms with Crippen molar-refractivity contribution in [1.82, 2.24) is 4.98 Å². The molecule has 0 amide bonds. The average Bonchev–Trinajstić information content (AvgIpc) is 2.44. The van der Waals surface area contributed by atoms with Gasteiger partial charge in [0.25, 0.3) is 0 Å². The number of carboxylic acid groups (broad SMARTS) is 1. The molecular weight excluding hydrogens is 198 g/mol. The first-order valence-corrected chi connectivity index (χ1v) is 4.61. The number of rotatable bonds is 2. The van der Waals surface area contributed by atoms with Gasteiger partial charge in [-0.05, 0) is 25.0 Å². The third-order valence-electron chi connectivity index (χ3n) is 2.84. The number of nitrogens with one attached hydrogen (secondary N) is 1. The number of carbonyl (C=O) groups is 2. The molecule has 0 bridgehead atoms. The molecule has 0 saturated carbocycles. The van der Waals surface area contributed by atoms with Gasteiger partial charge in [-0.25, -0.2) is 4.79 Å². The molecule has 0 unspecified atom stereocenters. The molecule has 2 heterocycles. The summed E-state index contributed by atoms with van der Waals surface area (Å²) in [5.41, 5.74) is 2.33. The number of hydrogen-bond acceptors (Lipinski definition) is 3. The van der Waals surface area contributed by atoms with Crippen molar-refractivity contribution >= 4 is 11.9 Å². The Hall–Kier alpha value is -1.78. The van der Waals surface area contributed by atoms with Crippen LogP contribution < -0.4 is 0 Å². The van der Waals surface area contributed by atoms with Gasteiger partial charge in [0.05, 0.1) is 0 Å².